The van der Waals surface area contributed by atoms with Gasteiger partial charge in [-0.15, -0.1) is 0 Å². The Morgan fingerprint density at radius 1 is 1.00 bits per heavy atom. The summed E-state index contributed by atoms with van der Waals surface area (Å²) >= 11 is 0. The second kappa shape index (κ2) is 7.82. The highest BCUT2D eigenvalue weighted by atomic mass is 16.2. The maximum absolute atomic E-state index is 12.8. The summed E-state index contributed by atoms with van der Waals surface area (Å²) in [6.07, 6.45) is 0. The van der Waals surface area contributed by atoms with Crippen molar-refractivity contribution in [1.82, 2.24) is 14.7 Å². The van der Waals surface area contributed by atoms with Crippen LogP contribution in [-0.4, -0.2) is 45.1 Å². The van der Waals surface area contributed by atoms with Gasteiger partial charge in [0.25, 0.3) is 5.91 Å². The van der Waals surface area contributed by atoms with E-state index in [0.29, 0.717) is 11.5 Å². The predicted molar refractivity (Wildman–Crippen MR) is 112 cm³/mol. The summed E-state index contributed by atoms with van der Waals surface area (Å²) in [5.41, 5.74) is 2.13. The summed E-state index contributed by atoms with van der Waals surface area (Å²) in [6.45, 7) is 3.10. The van der Waals surface area contributed by atoms with Crippen LogP contribution in [0.3, 0.4) is 0 Å². The molecule has 4 amide bonds. The van der Waals surface area contributed by atoms with Crippen LogP contribution < -0.4 is 10.2 Å². The zero-order valence-electron chi connectivity index (χ0n) is 16.6. The number of carbonyl (C=O) groups is 3. The number of carbonyl (C=O) groups excluding carboxylic acids is 3. The van der Waals surface area contributed by atoms with E-state index in [0.717, 1.165) is 16.3 Å². The van der Waals surface area contributed by atoms with Gasteiger partial charge in [-0.1, -0.05) is 36.4 Å². The van der Waals surface area contributed by atoms with Crippen LogP contribution in [0.1, 0.15) is 12.6 Å². The van der Waals surface area contributed by atoms with Crippen molar-refractivity contribution in [3.05, 3.63) is 72.4 Å². The third-order valence-corrected chi connectivity index (χ3v) is 4.88. The molecule has 8 heteroatoms. The van der Waals surface area contributed by atoms with Gasteiger partial charge in [-0.25, -0.2) is 9.48 Å². The number of imide groups is 1. The van der Waals surface area contributed by atoms with Crippen molar-refractivity contribution >= 4 is 29.4 Å². The van der Waals surface area contributed by atoms with Crippen LogP contribution in [0.25, 0.3) is 5.69 Å². The first-order valence-electron chi connectivity index (χ1n) is 9.57. The Hall–Kier alpha value is -3.94. The summed E-state index contributed by atoms with van der Waals surface area (Å²) < 4.78 is 1.61. The first-order valence-corrected chi connectivity index (χ1v) is 9.57. The molecule has 8 nitrogen and oxygen atoms in total. The number of amides is 4. The molecule has 1 aliphatic heterocycles. The average molecular weight is 403 g/mol. The number of urea groups is 1. The van der Waals surface area contributed by atoms with Crippen LogP contribution in [0, 0.1) is 6.92 Å². The van der Waals surface area contributed by atoms with E-state index in [1.807, 2.05) is 43.3 Å². The van der Waals surface area contributed by atoms with Crippen LogP contribution >= 0.6 is 0 Å². The van der Waals surface area contributed by atoms with Gasteiger partial charge >= 0.3 is 6.03 Å². The van der Waals surface area contributed by atoms with Crippen molar-refractivity contribution in [3.8, 4) is 5.69 Å². The summed E-state index contributed by atoms with van der Waals surface area (Å²) in [5, 5.41) is 7.17. The Balaban J connectivity index is 1.51. The fourth-order valence-corrected chi connectivity index (χ4v) is 3.47. The number of benzene rings is 2. The lowest BCUT2D eigenvalue weighted by Gasteiger charge is -2.19. The maximum atomic E-state index is 12.8. The van der Waals surface area contributed by atoms with Gasteiger partial charge in [0.15, 0.2) is 0 Å². The largest absolute Gasteiger partial charge is 0.332 e. The van der Waals surface area contributed by atoms with Crippen LogP contribution in [0.5, 0.6) is 0 Å². The van der Waals surface area contributed by atoms with Gasteiger partial charge in [0, 0.05) is 11.8 Å². The van der Waals surface area contributed by atoms with E-state index in [2.05, 4.69) is 10.4 Å². The minimum Gasteiger partial charge on any atom is -0.309 e. The normalized spacial score (nSPS) is 16.3. The van der Waals surface area contributed by atoms with Gasteiger partial charge in [0.2, 0.25) is 5.91 Å². The third-order valence-electron chi connectivity index (χ3n) is 4.88. The van der Waals surface area contributed by atoms with Gasteiger partial charge in [0.05, 0.1) is 11.4 Å². The summed E-state index contributed by atoms with van der Waals surface area (Å²) in [6, 6.07) is 18.9. The lowest BCUT2D eigenvalue weighted by molar-refractivity contribution is -0.130. The standard InChI is InChI=1S/C22H21N5O3/c1-15-13-19(27(24-15)18-11-7-4-8-12-18)23-20(28)14-25-21(29)16(2)26(22(25)30)17-9-5-3-6-10-17/h3-13,16H,14H2,1-2H3,(H,23,28)/t16-/m0/s1. The molecule has 1 atom stereocenters. The molecule has 4 rings (SSSR count). The third kappa shape index (κ3) is 3.55. The van der Waals surface area contributed by atoms with E-state index >= 15 is 0 Å². The number of para-hydroxylation sites is 2. The lowest BCUT2D eigenvalue weighted by Crippen LogP contribution is -2.39. The van der Waals surface area contributed by atoms with Gasteiger partial charge in [-0.3, -0.25) is 19.4 Å². The summed E-state index contributed by atoms with van der Waals surface area (Å²) in [4.78, 5) is 40.5. The Bertz CT molecular complexity index is 1090. The fraction of sp³-hybridized carbons (Fsp3) is 0.182. The van der Waals surface area contributed by atoms with Gasteiger partial charge in [-0.2, -0.15) is 5.10 Å². The molecule has 1 aliphatic rings. The molecule has 0 aliphatic carbocycles. The second-order valence-electron chi connectivity index (χ2n) is 7.05. The smallest absolute Gasteiger partial charge is 0.309 e. The van der Waals surface area contributed by atoms with E-state index in [4.69, 9.17) is 0 Å². The Morgan fingerprint density at radius 3 is 2.23 bits per heavy atom. The fourth-order valence-electron chi connectivity index (χ4n) is 3.47. The number of rotatable bonds is 5. The Kier molecular flexibility index (Phi) is 5.05. The molecule has 0 saturated carbocycles. The van der Waals surface area contributed by atoms with E-state index < -0.39 is 23.9 Å². The molecule has 1 fully saturated rings. The zero-order chi connectivity index (χ0) is 21.3. The summed E-state index contributed by atoms with van der Waals surface area (Å²) in [7, 11) is 0. The monoisotopic (exact) mass is 403 g/mol. The molecule has 0 bridgehead atoms. The average Bonchev–Trinajstić information content (AvgIpc) is 3.21. The second-order valence-corrected chi connectivity index (χ2v) is 7.05. The predicted octanol–water partition coefficient (Wildman–Crippen LogP) is 2.98. The molecule has 3 aromatic rings. The van der Waals surface area contributed by atoms with Gasteiger partial charge in [-0.05, 0) is 38.1 Å². The van der Waals surface area contributed by atoms with Crippen molar-refractivity contribution in [2.45, 2.75) is 19.9 Å². The van der Waals surface area contributed by atoms with Crippen molar-refractivity contribution < 1.29 is 14.4 Å². The van der Waals surface area contributed by atoms with Crippen LogP contribution in [-0.2, 0) is 9.59 Å². The highest BCUT2D eigenvalue weighted by Gasteiger charge is 2.44. The van der Waals surface area contributed by atoms with Crippen LogP contribution in [0.4, 0.5) is 16.3 Å². The molecule has 1 aromatic heterocycles. The van der Waals surface area contributed by atoms with Crippen molar-refractivity contribution in [1.29, 1.82) is 0 Å². The van der Waals surface area contributed by atoms with Gasteiger partial charge in [0.1, 0.15) is 18.4 Å². The highest BCUT2D eigenvalue weighted by molar-refractivity contribution is 6.16. The van der Waals surface area contributed by atoms with E-state index in [1.165, 1.54) is 4.90 Å². The van der Waals surface area contributed by atoms with Crippen molar-refractivity contribution in [2.75, 3.05) is 16.8 Å². The molecule has 1 N–H and O–H groups in total. The number of nitrogens with one attached hydrogen (secondary N) is 1. The van der Waals surface area contributed by atoms with Crippen molar-refractivity contribution in [2.24, 2.45) is 0 Å². The minimum absolute atomic E-state index is 0.371. The first-order chi connectivity index (χ1) is 14.5. The number of aromatic nitrogens is 2. The van der Waals surface area contributed by atoms with Crippen LogP contribution in [0.15, 0.2) is 66.7 Å². The lowest BCUT2D eigenvalue weighted by atomic mass is 10.2. The molecule has 2 heterocycles. The SMILES string of the molecule is Cc1cc(NC(=O)CN2C(=O)[C@H](C)N(c3ccccc3)C2=O)n(-c2ccccc2)n1. The molecular weight excluding hydrogens is 382 g/mol. The molecule has 2 aromatic carbocycles. The maximum Gasteiger partial charge on any atom is 0.332 e. The molecule has 0 spiro atoms. The molecule has 1 saturated heterocycles. The van der Waals surface area contributed by atoms with Crippen molar-refractivity contribution in [3.63, 3.8) is 0 Å². The number of anilines is 2. The van der Waals surface area contributed by atoms with E-state index in [9.17, 15) is 14.4 Å². The Morgan fingerprint density at radius 2 is 1.60 bits per heavy atom. The minimum atomic E-state index is -0.676. The summed E-state index contributed by atoms with van der Waals surface area (Å²) in [5.74, 6) is -0.418. The number of hydrogen-bond donors (Lipinski definition) is 1. The number of aryl methyl sites for hydroxylation is 1. The highest BCUT2D eigenvalue weighted by Crippen LogP contribution is 2.25. The van der Waals surface area contributed by atoms with E-state index in [-0.39, 0.29) is 6.54 Å². The molecule has 152 valence electrons. The quantitative estimate of drug-likeness (QED) is 0.664. The van der Waals surface area contributed by atoms with Gasteiger partial charge < -0.3 is 5.32 Å². The van der Waals surface area contributed by atoms with E-state index in [1.54, 1.807) is 41.9 Å². The number of nitrogens with zero attached hydrogens (tertiary/aromatic N) is 4. The Labute approximate surface area is 173 Å². The molecule has 0 unspecified atom stereocenters. The zero-order valence-corrected chi connectivity index (χ0v) is 16.6. The molecule has 0 radical (unpaired) electrons. The molecule has 30 heavy (non-hydrogen) atoms. The molecular formula is C22H21N5O3. The van der Waals surface area contributed by atoms with Crippen LogP contribution in [0.2, 0.25) is 0 Å². The topological polar surface area (TPSA) is 87.5 Å². The first kappa shape index (κ1) is 19.4. The number of hydrogen-bond acceptors (Lipinski definition) is 4.